The van der Waals surface area contributed by atoms with Crippen molar-refractivity contribution in [3.63, 3.8) is 0 Å². The van der Waals surface area contributed by atoms with Crippen molar-refractivity contribution in [1.29, 1.82) is 0 Å². The smallest absolute Gasteiger partial charge is 0.462 e. The van der Waals surface area contributed by atoms with Crippen LogP contribution in [0.25, 0.3) is 0 Å². The second-order valence-corrected chi connectivity index (χ2v) is 28.1. The van der Waals surface area contributed by atoms with Gasteiger partial charge in [0.1, 0.15) is 19.3 Å². The molecule has 518 valence electrons. The van der Waals surface area contributed by atoms with Crippen LogP contribution in [0.3, 0.4) is 0 Å². The minimum Gasteiger partial charge on any atom is -0.462 e. The van der Waals surface area contributed by atoms with Crippen LogP contribution in [0.15, 0.2) is 24.3 Å². The summed E-state index contributed by atoms with van der Waals surface area (Å²) >= 11 is 0. The molecule has 0 aliphatic heterocycles. The Bertz CT molecular complexity index is 1830. The van der Waals surface area contributed by atoms with Gasteiger partial charge in [0.25, 0.3) is 0 Å². The first-order valence-corrected chi connectivity index (χ1v) is 38.2. The lowest BCUT2D eigenvalue weighted by molar-refractivity contribution is -0.161. The van der Waals surface area contributed by atoms with E-state index in [1.807, 2.05) is 0 Å². The van der Waals surface area contributed by atoms with E-state index in [-0.39, 0.29) is 25.7 Å². The van der Waals surface area contributed by atoms with Gasteiger partial charge in [-0.2, -0.15) is 0 Å². The molecule has 0 heterocycles. The summed E-state index contributed by atoms with van der Waals surface area (Å²) in [7, 11) is -9.91. The summed E-state index contributed by atoms with van der Waals surface area (Å²) in [4.78, 5) is 72.4. The summed E-state index contributed by atoms with van der Waals surface area (Å²) in [6, 6.07) is 0. The average Bonchev–Trinajstić information content (AvgIpc) is 3.64. The maximum atomic E-state index is 13.0. The maximum absolute atomic E-state index is 13.0. The highest BCUT2D eigenvalue weighted by Gasteiger charge is 2.30. The highest BCUT2D eigenvalue weighted by Crippen LogP contribution is 2.45. The van der Waals surface area contributed by atoms with Crippen molar-refractivity contribution >= 4 is 39.5 Å². The van der Waals surface area contributed by atoms with Crippen LogP contribution in [0.2, 0.25) is 0 Å². The summed E-state index contributed by atoms with van der Waals surface area (Å²) in [6.45, 7) is 11.7. The van der Waals surface area contributed by atoms with Crippen molar-refractivity contribution in [3.05, 3.63) is 24.3 Å². The summed E-state index contributed by atoms with van der Waals surface area (Å²) in [5.41, 5.74) is 0. The number of esters is 4. The minimum atomic E-state index is -4.96. The summed E-state index contributed by atoms with van der Waals surface area (Å²) in [6.07, 6.45) is 45.4. The lowest BCUT2D eigenvalue weighted by Gasteiger charge is -2.21. The van der Waals surface area contributed by atoms with E-state index in [2.05, 4.69) is 72.8 Å². The monoisotopic (exact) mass is 1290 g/mol. The highest BCUT2D eigenvalue weighted by molar-refractivity contribution is 7.47. The molecule has 19 heteroatoms. The Hall–Kier alpha value is -2.46. The van der Waals surface area contributed by atoms with E-state index < -0.39 is 97.5 Å². The number of hydrogen-bond acceptors (Lipinski definition) is 15. The number of rotatable bonds is 65. The summed E-state index contributed by atoms with van der Waals surface area (Å²) in [5, 5.41) is 10.6. The zero-order chi connectivity index (χ0) is 65.2. The molecule has 7 atom stereocenters. The predicted octanol–water partition coefficient (Wildman–Crippen LogP) is 19.0. The average molecular weight is 1290 g/mol. The van der Waals surface area contributed by atoms with Gasteiger partial charge in [0.2, 0.25) is 0 Å². The first kappa shape index (κ1) is 85.5. The van der Waals surface area contributed by atoms with E-state index in [0.29, 0.717) is 31.6 Å². The van der Waals surface area contributed by atoms with Gasteiger partial charge in [-0.15, -0.1) is 0 Å². The van der Waals surface area contributed by atoms with Crippen LogP contribution in [0.5, 0.6) is 0 Å². The lowest BCUT2D eigenvalue weighted by Crippen LogP contribution is -2.30. The van der Waals surface area contributed by atoms with Crippen molar-refractivity contribution in [2.45, 2.75) is 336 Å². The third-order valence-electron chi connectivity index (χ3n) is 16.0. The van der Waals surface area contributed by atoms with Gasteiger partial charge in [0, 0.05) is 25.7 Å². The predicted molar refractivity (Wildman–Crippen MR) is 354 cm³/mol. The van der Waals surface area contributed by atoms with Gasteiger partial charge in [0.05, 0.1) is 26.4 Å². The standard InChI is InChI=1S/C69H130O17P2/c1-8-11-12-13-14-15-16-17-18-19-20-24-27-38-45-52-68(73)85-64(56-79-66(71)50-43-36-31-29-33-40-47-60(4)5)58-83-87(75,76)81-54-63(70)55-82-88(77,78)84-59-65(57-80-67(72)51-44-37-32-30-35-42-49-62(7)10-3)86-69(74)53-46-39-28-25-22-21-23-26-34-41-48-61(6)9-2/h15-18,60-65,70H,8-14,19-59H2,1-7H3,(H,75,76)(H,77,78)/b16-15-,18-17-/t61?,62?,63-,64+,65+/m0/s1. The number of phosphoric acid groups is 2. The first-order chi connectivity index (χ1) is 42.3. The summed E-state index contributed by atoms with van der Waals surface area (Å²) in [5.74, 6) is 0.0442. The SMILES string of the molecule is CCCCCC/C=C\C=C/CCCCCCCC(=O)O[C@H](COC(=O)CCCCCCCCC(C)C)COP(=O)(O)OC[C@H](O)COP(=O)(O)OC[C@@H](COC(=O)CCCCCCCCC(C)CC)OC(=O)CCCCCCCCCCCCC(C)CC. The topological polar surface area (TPSA) is 237 Å². The number of unbranched alkanes of at least 4 members (excludes halogenated alkanes) is 28. The van der Waals surface area contributed by atoms with Crippen LogP contribution in [0.1, 0.15) is 318 Å². The Kier molecular flexibility index (Phi) is 57.9. The van der Waals surface area contributed by atoms with Gasteiger partial charge < -0.3 is 33.8 Å². The van der Waals surface area contributed by atoms with E-state index in [4.69, 9.17) is 37.0 Å². The van der Waals surface area contributed by atoms with Gasteiger partial charge in [-0.1, -0.05) is 265 Å². The molecule has 0 aromatic carbocycles. The van der Waals surface area contributed by atoms with E-state index in [9.17, 15) is 43.2 Å². The molecule has 0 aromatic rings. The van der Waals surface area contributed by atoms with Crippen LogP contribution in [-0.4, -0.2) is 96.7 Å². The highest BCUT2D eigenvalue weighted by atomic mass is 31.2. The van der Waals surface area contributed by atoms with Crippen LogP contribution < -0.4 is 0 Å². The molecule has 4 unspecified atom stereocenters. The minimum absolute atomic E-state index is 0.0833. The Labute approximate surface area is 535 Å². The van der Waals surface area contributed by atoms with Gasteiger partial charge >= 0.3 is 39.5 Å². The number of carbonyl (C=O) groups excluding carboxylic acids is 4. The van der Waals surface area contributed by atoms with Crippen LogP contribution in [0, 0.1) is 17.8 Å². The quantitative estimate of drug-likeness (QED) is 0.0169. The fourth-order valence-corrected chi connectivity index (χ4v) is 11.3. The normalized spacial score (nSPS) is 15.0. The number of ether oxygens (including phenoxy) is 4. The molecule has 17 nitrogen and oxygen atoms in total. The van der Waals surface area contributed by atoms with Crippen molar-refractivity contribution in [3.8, 4) is 0 Å². The third-order valence-corrected chi connectivity index (χ3v) is 17.9. The Morgan fingerprint density at radius 2 is 0.670 bits per heavy atom. The molecule has 0 aromatic heterocycles. The molecule has 0 aliphatic carbocycles. The maximum Gasteiger partial charge on any atom is 0.472 e. The van der Waals surface area contributed by atoms with Crippen LogP contribution in [-0.2, 0) is 65.4 Å². The second kappa shape index (κ2) is 59.5. The number of phosphoric ester groups is 2. The largest absolute Gasteiger partial charge is 0.472 e. The number of carbonyl (C=O) groups is 4. The van der Waals surface area contributed by atoms with Crippen molar-refractivity contribution in [1.82, 2.24) is 0 Å². The van der Waals surface area contributed by atoms with Crippen molar-refractivity contribution < 1.29 is 80.2 Å². The molecule has 0 radical (unpaired) electrons. The molecule has 0 aliphatic rings. The Balaban J connectivity index is 5.28. The zero-order valence-corrected chi connectivity index (χ0v) is 58.5. The van der Waals surface area contributed by atoms with Crippen molar-refractivity contribution in [2.24, 2.45) is 17.8 Å². The molecular formula is C69H130O17P2. The van der Waals surface area contributed by atoms with Crippen molar-refractivity contribution in [2.75, 3.05) is 39.6 Å². The van der Waals surface area contributed by atoms with Crippen LogP contribution >= 0.6 is 15.6 Å². The van der Waals surface area contributed by atoms with E-state index in [0.717, 1.165) is 127 Å². The Morgan fingerprint density at radius 3 is 1.01 bits per heavy atom. The molecule has 0 amide bonds. The molecule has 0 bridgehead atoms. The Morgan fingerprint density at radius 1 is 0.375 bits per heavy atom. The molecule has 0 spiro atoms. The number of aliphatic hydroxyl groups is 1. The van der Waals surface area contributed by atoms with Gasteiger partial charge in [-0.25, -0.2) is 9.13 Å². The fourth-order valence-electron chi connectivity index (χ4n) is 9.76. The third kappa shape index (κ3) is 59.8. The zero-order valence-electron chi connectivity index (χ0n) is 56.7. The molecule has 0 rings (SSSR count). The van der Waals surface area contributed by atoms with Gasteiger partial charge in [0.15, 0.2) is 12.2 Å². The molecule has 0 fully saturated rings. The fraction of sp³-hybridized carbons (Fsp3) is 0.884. The number of hydrogen-bond donors (Lipinski definition) is 3. The summed E-state index contributed by atoms with van der Waals surface area (Å²) < 4.78 is 68.1. The number of aliphatic hydroxyl groups excluding tert-OH is 1. The molecular weight excluding hydrogens is 1160 g/mol. The van der Waals surface area contributed by atoms with Gasteiger partial charge in [-0.05, 0) is 69.1 Å². The molecule has 0 saturated heterocycles. The van der Waals surface area contributed by atoms with E-state index >= 15 is 0 Å². The number of allylic oxidation sites excluding steroid dienone is 4. The molecule has 88 heavy (non-hydrogen) atoms. The first-order valence-electron chi connectivity index (χ1n) is 35.2. The lowest BCUT2D eigenvalue weighted by atomic mass is 9.99. The second-order valence-electron chi connectivity index (χ2n) is 25.2. The van der Waals surface area contributed by atoms with Crippen LogP contribution in [0.4, 0.5) is 0 Å². The van der Waals surface area contributed by atoms with E-state index in [1.165, 1.54) is 103 Å². The van der Waals surface area contributed by atoms with E-state index in [1.54, 1.807) is 0 Å². The molecule has 0 saturated carbocycles. The van der Waals surface area contributed by atoms with Gasteiger partial charge in [-0.3, -0.25) is 37.3 Å². The molecule has 3 N–H and O–H groups in total.